The highest BCUT2D eigenvalue weighted by atomic mass is 16.7. The molecule has 190 valence electrons. The zero-order valence-corrected chi connectivity index (χ0v) is 21.3. The fourth-order valence-electron chi connectivity index (χ4n) is 5.68. The van der Waals surface area contributed by atoms with Crippen molar-refractivity contribution in [2.24, 2.45) is 0 Å². The number of nitrogens with one attached hydrogen (secondary N) is 1. The molecule has 7 nitrogen and oxygen atoms in total. The Morgan fingerprint density at radius 3 is 2.16 bits per heavy atom. The number of carbonyl (C=O) groups excluding carboxylic acids is 1. The van der Waals surface area contributed by atoms with Crippen LogP contribution in [0.3, 0.4) is 0 Å². The zero-order valence-electron chi connectivity index (χ0n) is 21.3. The second kappa shape index (κ2) is 9.07. The summed E-state index contributed by atoms with van der Waals surface area (Å²) in [5.74, 6) is 3.02. The Morgan fingerprint density at radius 2 is 1.51 bits per heavy atom. The van der Waals surface area contributed by atoms with Crippen molar-refractivity contribution in [3.8, 4) is 28.7 Å². The zero-order chi connectivity index (χ0) is 25.7. The molecular formula is C30H29NO6. The summed E-state index contributed by atoms with van der Waals surface area (Å²) in [4.78, 5) is 13.9. The fraction of sp³-hybridized carbons (Fsp3) is 0.300. The van der Waals surface area contributed by atoms with E-state index < -0.39 is 0 Å². The van der Waals surface area contributed by atoms with E-state index in [1.165, 1.54) is 5.56 Å². The number of hydrogen-bond donors (Lipinski definition) is 1. The quantitative estimate of drug-likeness (QED) is 0.482. The Morgan fingerprint density at radius 1 is 0.838 bits per heavy atom. The van der Waals surface area contributed by atoms with E-state index >= 15 is 0 Å². The molecule has 2 heterocycles. The van der Waals surface area contributed by atoms with Crippen molar-refractivity contribution in [3.63, 3.8) is 0 Å². The first-order valence-electron chi connectivity index (χ1n) is 12.3. The van der Waals surface area contributed by atoms with Crippen LogP contribution < -0.4 is 29.0 Å². The molecule has 3 aromatic carbocycles. The molecule has 1 N–H and O–H groups in total. The summed E-state index contributed by atoms with van der Waals surface area (Å²) in [6, 6.07) is 16.3. The Kier molecular flexibility index (Phi) is 5.71. The minimum absolute atomic E-state index is 0.0401. The summed E-state index contributed by atoms with van der Waals surface area (Å²) in [5.41, 5.74) is 6.94. The molecule has 0 aromatic heterocycles. The van der Waals surface area contributed by atoms with Gasteiger partial charge in [-0.05, 0) is 54.2 Å². The van der Waals surface area contributed by atoms with Gasteiger partial charge in [-0.25, -0.2) is 0 Å². The molecular weight excluding hydrogens is 470 g/mol. The Bertz CT molecular complexity index is 1400. The number of aryl methyl sites for hydroxylation is 1. The number of benzene rings is 3. The van der Waals surface area contributed by atoms with Crippen LogP contribution in [0.4, 0.5) is 5.69 Å². The van der Waals surface area contributed by atoms with Gasteiger partial charge in [-0.15, -0.1) is 0 Å². The number of fused-ring (bicyclic) bond motifs is 2. The van der Waals surface area contributed by atoms with E-state index in [9.17, 15) is 4.79 Å². The van der Waals surface area contributed by atoms with Gasteiger partial charge >= 0.3 is 0 Å². The maximum absolute atomic E-state index is 13.9. The van der Waals surface area contributed by atoms with E-state index in [2.05, 4.69) is 36.5 Å². The summed E-state index contributed by atoms with van der Waals surface area (Å²) < 4.78 is 28.0. The van der Waals surface area contributed by atoms with Crippen LogP contribution in [0.1, 0.15) is 46.9 Å². The van der Waals surface area contributed by atoms with Gasteiger partial charge in [0.2, 0.25) is 12.5 Å². The predicted octanol–water partition coefficient (Wildman–Crippen LogP) is 5.71. The summed E-state index contributed by atoms with van der Waals surface area (Å²) in [5, 5.41) is 3.59. The van der Waals surface area contributed by atoms with Gasteiger partial charge in [0.05, 0.1) is 21.3 Å². The van der Waals surface area contributed by atoms with Crippen LogP contribution in [0.5, 0.6) is 28.7 Å². The van der Waals surface area contributed by atoms with E-state index in [1.807, 2.05) is 24.3 Å². The van der Waals surface area contributed by atoms with Gasteiger partial charge in [-0.3, -0.25) is 4.79 Å². The average molecular weight is 500 g/mol. The highest BCUT2D eigenvalue weighted by molar-refractivity contribution is 6.02. The number of allylic oxidation sites excluding steroid dienone is 2. The molecule has 0 radical (unpaired) electrons. The lowest BCUT2D eigenvalue weighted by Crippen LogP contribution is -2.29. The third-order valence-electron chi connectivity index (χ3n) is 7.51. The van der Waals surface area contributed by atoms with Crippen LogP contribution in [0.15, 0.2) is 59.8 Å². The van der Waals surface area contributed by atoms with Gasteiger partial charge in [0, 0.05) is 35.4 Å². The van der Waals surface area contributed by atoms with Crippen molar-refractivity contribution < 1.29 is 28.5 Å². The topological polar surface area (TPSA) is 75.3 Å². The van der Waals surface area contributed by atoms with Crippen LogP contribution in [0, 0.1) is 6.92 Å². The SMILES string of the molecule is COc1cc([C@H]2CC(=O)C3=C(C2)Nc2cc4c(cc2[C@H]3c2ccc(C)cc2)OCO4)cc(OC)c1OC. The molecule has 2 atom stereocenters. The van der Waals surface area contributed by atoms with Crippen molar-refractivity contribution in [2.75, 3.05) is 33.4 Å². The molecule has 0 spiro atoms. The van der Waals surface area contributed by atoms with Crippen molar-refractivity contribution in [3.05, 3.63) is 82.1 Å². The number of methoxy groups -OCH3 is 3. The largest absolute Gasteiger partial charge is 0.493 e. The molecule has 0 saturated carbocycles. The number of carbonyl (C=O) groups is 1. The first kappa shape index (κ1) is 23.3. The maximum Gasteiger partial charge on any atom is 0.231 e. The Hall–Kier alpha value is -4.13. The minimum atomic E-state index is -0.185. The lowest BCUT2D eigenvalue weighted by atomic mass is 9.71. The van der Waals surface area contributed by atoms with Crippen LogP contribution in [-0.2, 0) is 4.79 Å². The molecule has 6 rings (SSSR count). The van der Waals surface area contributed by atoms with Crippen LogP contribution in [-0.4, -0.2) is 33.9 Å². The van der Waals surface area contributed by atoms with Crippen LogP contribution in [0.2, 0.25) is 0 Å². The lowest BCUT2D eigenvalue weighted by Gasteiger charge is -2.37. The van der Waals surface area contributed by atoms with Gasteiger partial charge < -0.3 is 29.0 Å². The fourth-order valence-corrected chi connectivity index (χ4v) is 5.68. The van der Waals surface area contributed by atoms with Crippen molar-refractivity contribution in [1.29, 1.82) is 0 Å². The monoisotopic (exact) mass is 499 g/mol. The third kappa shape index (κ3) is 3.86. The lowest BCUT2D eigenvalue weighted by molar-refractivity contribution is -0.116. The van der Waals surface area contributed by atoms with Gasteiger partial charge in [0.25, 0.3) is 0 Å². The molecule has 0 fully saturated rings. The second-order valence-electron chi connectivity index (χ2n) is 9.64. The van der Waals surface area contributed by atoms with Crippen LogP contribution in [0.25, 0.3) is 0 Å². The highest BCUT2D eigenvalue weighted by Crippen LogP contribution is 2.52. The van der Waals surface area contributed by atoms with Gasteiger partial charge in [0.1, 0.15) is 0 Å². The summed E-state index contributed by atoms with van der Waals surface area (Å²) in [6.07, 6.45) is 1.07. The van der Waals surface area contributed by atoms with E-state index in [4.69, 9.17) is 23.7 Å². The molecule has 0 bridgehead atoms. The maximum atomic E-state index is 13.9. The average Bonchev–Trinajstić information content (AvgIpc) is 3.37. The number of anilines is 1. The number of Topliss-reactive ketones (excluding diaryl/α,β-unsaturated/α-hetero) is 1. The second-order valence-corrected chi connectivity index (χ2v) is 9.64. The standard InChI is InChI=1S/C30H29NO6/c1-16-5-7-17(8-6-16)28-20-13-24-25(37-15-36-24)14-21(20)31-22-9-18(10-23(32)29(22)28)19-11-26(33-2)30(35-4)27(12-19)34-3/h5-8,11-14,18,28,31H,9-10,15H2,1-4H3/t18-,28-/m1/s1. The molecule has 0 saturated heterocycles. The third-order valence-corrected chi connectivity index (χ3v) is 7.51. The summed E-state index contributed by atoms with van der Waals surface area (Å²) in [7, 11) is 4.79. The normalized spacial score (nSPS) is 19.6. The van der Waals surface area contributed by atoms with Crippen LogP contribution >= 0.6 is 0 Å². The summed E-state index contributed by atoms with van der Waals surface area (Å²) >= 11 is 0. The first-order chi connectivity index (χ1) is 18.0. The van der Waals surface area contributed by atoms with Gasteiger partial charge in [-0.2, -0.15) is 0 Å². The molecule has 7 heteroatoms. The molecule has 0 unspecified atom stereocenters. The molecule has 0 amide bonds. The highest BCUT2D eigenvalue weighted by Gasteiger charge is 2.39. The van der Waals surface area contributed by atoms with Crippen molar-refractivity contribution in [1.82, 2.24) is 0 Å². The number of ketones is 1. The van der Waals surface area contributed by atoms with Gasteiger partial charge in [-0.1, -0.05) is 29.8 Å². The van der Waals surface area contributed by atoms with E-state index in [0.29, 0.717) is 41.6 Å². The molecule has 37 heavy (non-hydrogen) atoms. The molecule has 3 aromatic rings. The minimum Gasteiger partial charge on any atom is -0.493 e. The summed E-state index contributed by atoms with van der Waals surface area (Å²) in [6.45, 7) is 2.26. The van der Waals surface area contributed by atoms with Crippen molar-refractivity contribution >= 4 is 11.5 Å². The van der Waals surface area contributed by atoms with Crippen molar-refractivity contribution in [2.45, 2.75) is 31.6 Å². The molecule has 1 aliphatic carbocycles. The molecule has 2 aliphatic heterocycles. The predicted molar refractivity (Wildman–Crippen MR) is 139 cm³/mol. The number of rotatable bonds is 5. The Balaban J connectivity index is 1.45. The number of ether oxygens (including phenoxy) is 5. The molecule has 3 aliphatic rings. The van der Waals surface area contributed by atoms with E-state index in [1.54, 1.807) is 21.3 Å². The van der Waals surface area contributed by atoms with Gasteiger partial charge in [0.15, 0.2) is 28.8 Å². The van der Waals surface area contributed by atoms with E-state index in [0.717, 1.165) is 33.6 Å². The number of hydrogen-bond acceptors (Lipinski definition) is 7. The first-order valence-corrected chi connectivity index (χ1v) is 12.3. The Labute approximate surface area is 215 Å². The van der Waals surface area contributed by atoms with E-state index in [-0.39, 0.29) is 24.4 Å². The smallest absolute Gasteiger partial charge is 0.231 e.